The molecule has 0 unspecified atom stereocenters. The molecule has 1 amide bonds. The minimum absolute atomic E-state index is 0.276. The van der Waals surface area contributed by atoms with E-state index in [-0.39, 0.29) is 16.9 Å². The predicted molar refractivity (Wildman–Crippen MR) is 102 cm³/mol. The van der Waals surface area contributed by atoms with Gasteiger partial charge in [-0.05, 0) is 49.7 Å². The number of carbonyl (C=O) groups is 1. The molecule has 0 aliphatic heterocycles. The average molecular weight is 388 g/mol. The molecular weight excluding hydrogens is 369 g/mol. The summed E-state index contributed by atoms with van der Waals surface area (Å²) in [4.78, 5) is 12.5. The van der Waals surface area contributed by atoms with Crippen LogP contribution in [0.15, 0.2) is 54.6 Å². The van der Waals surface area contributed by atoms with Crippen LogP contribution in [0.1, 0.15) is 22.5 Å². The first-order valence-corrected chi connectivity index (χ1v) is 8.91. The fraction of sp³-hybridized carbons (Fsp3) is 0.200. The molecule has 27 heavy (non-hydrogen) atoms. The highest BCUT2D eigenvalue weighted by Gasteiger charge is 2.20. The van der Waals surface area contributed by atoms with Crippen molar-refractivity contribution in [1.82, 2.24) is 15.1 Å². The third-order valence-electron chi connectivity index (χ3n) is 3.92. The van der Waals surface area contributed by atoms with Crippen LogP contribution in [-0.2, 0) is 0 Å². The number of benzene rings is 2. The minimum atomic E-state index is -0.307. The molecule has 5 nitrogen and oxygen atoms in total. The van der Waals surface area contributed by atoms with Gasteiger partial charge in [-0.25, -0.2) is 9.07 Å². The summed E-state index contributed by atoms with van der Waals surface area (Å²) in [6.07, 6.45) is 0.604. The van der Waals surface area contributed by atoms with Crippen molar-refractivity contribution in [2.75, 3.05) is 13.2 Å². The van der Waals surface area contributed by atoms with Gasteiger partial charge in [0.05, 0.1) is 23.6 Å². The Kier molecular flexibility index (Phi) is 6.08. The van der Waals surface area contributed by atoms with Crippen molar-refractivity contribution in [3.8, 4) is 11.4 Å². The number of rotatable bonds is 7. The molecule has 1 heterocycles. The average Bonchev–Trinajstić information content (AvgIpc) is 2.98. The molecule has 1 aromatic heterocycles. The smallest absolute Gasteiger partial charge is 0.256 e. The number of hydrogen-bond acceptors (Lipinski definition) is 3. The molecule has 0 aliphatic carbocycles. The zero-order chi connectivity index (χ0) is 19.2. The summed E-state index contributed by atoms with van der Waals surface area (Å²) in [7, 11) is 0. The van der Waals surface area contributed by atoms with E-state index in [1.54, 1.807) is 23.7 Å². The molecular formula is C20H19ClFN3O2. The normalized spacial score (nSPS) is 10.6. The maximum atomic E-state index is 12.8. The maximum Gasteiger partial charge on any atom is 0.256 e. The number of aryl methyl sites for hydroxylation is 1. The van der Waals surface area contributed by atoms with E-state index >= 15 is 0 Å². The van der Waals surface area contributed by atoms with Crippen molar-refractivity contribution in [2.24, 2.45) is 0 Å². The molecule has 0 radical (unpaired) electrons. The molecule has 1 N–H and O–H groups in total. The molecule has 0 bridgehead atoms. The summed E-state index contributed by atoms with van der Waals surface area (Å²) in [6, 6.07) is 15.2. The van der Waals surface area contributed by atoms with Crippen LogP contribution in [0.5, 0.6) is 5.75 Å². The summed E-state index contributed by atoms with van der Waals surface area (Å²) in [6.45, 7) is 2.58. The fourth-order valence-electron chi connectivity index (χ4n) is 2.58. The van der Waals surface area contributed by atoms with Gasteiger partial charge in [0.1, 0.15) is 16.7 Å². The first-order chi connectivity index (χ1) is 13.1. The van der Waals surface area contributed by atoms with Gasteiger partial charge in [0.15, 0.2) is 0 Å². The summed E-state index contributed by atoms with van der Waals surface area (Å²) >= 11 is 6.38. The van der Waals surface area contributed by atoms with Crippen LogP contribution in [0.2, 0.25) is 5.15 Å². The van der Waals surface area contributed by atoms with Crippen LogP contribution in [0.4, 0.5) is 4.39 Å². The van der Waals surface area contributed by atoms with E-state index < -0.39 is 0 Å². The van der Waals surface area contributed by atoms with Crippen molar-refractivity contribution in [1.29, 1.82) is 0 Å². The van der Waals surface area contributed by atoms with Crippen LogP contribution < -0.4 is 10.1 Å². The summed E-state index contributed by atoms with van der Waals surface area (Å²) < 4.78 is 19.9. The molecule has 0 saturated heterocycles. The van der Waals surface area contributed by atoms with Crippen LogP contribution in [0.3, 0.4) is 0 Å². The van der Waals surface area contributed by atoms with Crippen molar-refractivity contribution < 1.29 is 13.9 Å². The lowest BCUT2D eigenvalue weighted by Gasteiger charge is -2.07. The fourth-order valence-corrected chi connectivity index (χ4v) is 2.94. The molecule has 0 fully saturated rings. The van der Waals surface area contributed by atoms with Gasteiger partial charge >= 0.3 is 0 Å². The maximum absolute atomic E-state index is 12.8. The SMILES string of the molecule is Cc1nn(-c2ccccc2)c(Cl)c1C(=O)NCCCOc1ccc(F)cc1. The second-order valence-corrected chi connectivity index (χ2v) is 6.27. The van der Waals surface area contributed by atoms with Crippen molar-refractivity contribution in [2.45, 2.75) is 13.3 Å². The minimum Gasteiger partial charge on any atom is -0.494 e. The van der Waals surface area contributed by atoms with Crippen LogP contribution >= 0.6 is 11.6 Å². The van der Waals surface area contributed by atoms with Crippen molar-refractivity contribution in [3.63, 3.8) is 0 Å². The summed E-state index contributed by atoms with van der Waals surface area (Å²) in [5, 5.41) is 7.46. The topological polar surface area (TPSA) is 56.2 Å². The number of amides is 1. The quantitative estimate of drug-likeness (QED) is 0.619. The van der Waals surface area contributed by atoms with Gasteiger partial charge in [0.2, 0.25) is 0 Å². The number of hydrogen-bond donors (Lipinski definition) is 1. The van der Waals surface area contributed by atoms with E-state index in [9.17, 15) is 9.18 Å². The molecule has 3 rings (SSSR count). The number of carbonyl (C=O) groups excluding carboxylic acids is 1. The standard InChI is InChI=1S/C20H19ClFN3O2/c1-14-18(19(21)25(24-14)16-6-3-2-4-7-16)20(26)23-12-5-13-27-17-10-8-15(22)9-11-17/h2-4,6-11H,5,12-13H2,1H3,(H,23,26). The molecule has 2 aromatic carbocycles. The molecule has 0 atom stereocenters. The van der Waals surface area contributed by atoms with E-state index in [1.165, 1.54) is 12.1 Å². The molecule has 0 spiro atoms. The van der Waals surface area contributed by atoms with Gasteiger partial charge in [0.25, 0.3) is 5.91 Å². The van der Waals surface area contributed by atoms with E-state index in [1.807, 2.05) is 30.3 Å². The number of ether oxygens (including phenoxy) is 1. The molecule has 0 saturated carbocycles. The lowest BCUT2D eigenvalue weighted by atomic mass is 10.2. The van der Waals surface area contributed by atoms with E-state index in [4.69, 9.17) is 16.3 Å². The monoisotopic (exact) mass is 387 g/mol. The second-order valence-electron chi connectivity index (χ2n) is 5.91. The van der Waals surface area contributed by atoms with Gasteiger partial charge in [-0.15, -0.1) is 0 Å². The Morgan fingerprint density at radius 2 is 1.89 bits per heavy atom. The third-order valence-corrected chi connectivity index (χ3v) is 4.27. The van der Waals surface area contributed by atoms with Crippen LogP contribution in [-0.4, -0.2) is 28.8 Å². The third kappa shape index (κ3) is 4.65. The molecule has 140 valence electrons. The Morgan fingerprint density at radius 3 is 2.59 bits per heavy atom. The first-order valence-electron chi connectivity index (χ1n) is 8.53. The number of nitrogens with one attached hydrogen (secondary N) is 1. The number of para-hydroxylation sites is 1. The number of aromatic nitrogens is 2. The highest BCUT2D eigenvalue weighted by Crippen LogP contribution is 2.23. The number of nitrogens with zero attached hydrogens (tertiary/aromatic N) is 2. The van der Waals surface area contributed by atoms with Gasteiger partial charge in [-0.2, -0.15) is 5.10 Å². The molecule has 0 aliphatic rings. The Labute approximate surface area is 161 Å². The summed E-state index contributed by atoms with van der Waals surface area (Å²) in [5.74, 6) is 0.00475. The van der Waals surface area contributed by atoms with Crippen molar-refractivity contribution >= 4 is 17.5 Å². The lowest BCUT2D eigenvalue weighted by molar-refractivity contribution is 0.0951. The predicted octanol–water partition coefficient (Wildman–Crippen LogP) is 4.17. The van der Waals surface area contributed by atoms with Crippen molar-refractivity contribution in [3.05, 3.63) is 76.8 Å². The van der Waals surface area contributed by atoms with Gasteiger partial charge in [0, 0.05) is 6.54 Å². The van der Waals surface area contributed by atoms with E-state index in [0.29, 0.717) is 36.6 Å². The zero-order valence-electron chi connectivity index (χ0n) is 14.8. The number of halogens is 2. The molecule has 3 aromatic rings. The second kappa shape index (κ2) is 8.68. The first kappa shape index (κ1) is 18.9. The zero-order valence-corrected chi connectivity index (χ0v) is 15.5. The van der Waals surface area contributed by atoms with E-state index in [2.05, 4.69) is 10.4 Å². The van der Waals surface area contributed by atoms with Crippen LogP contribution in [0.25, 0.3) is 5.69 Å². The largest absolute Gasteiger partial charge is 0.494 e. The Morgan fingerprint density at radius 1 is 1.19 bits per heavy atom. The molecule has 7 heteroatoms. The van der Waals surface area contributed by atoms with E-state index in [0.717, 1.165) is 5.69 Å². The lowest BCUT2D eigenvalue weighted by Crippen LogP contribution is -2.26. The highest BCUT2D eigenvalue weighted by atomic mass is 35.5. The van der Waals surface area contributed by atoms with Gasteiger partial charge < -0.3 is 10.1 Å². The Hall–Kier alpha value is -2.86. The van der Waals surface area contributed by atoms with Gasteiger partial charge in [-0.1, -0.05) is 29.8 Å². The summed E-state index contributed by atoms with van der Waals surface area (Å²) in [5.41, 5.74) is 1.71. The Balaban J connectivity index is 1.54. The van der Waals surface area contributed by atoms with Crippen LogP contribution in [0, 0.1) is 12.7 Å². The Bertz CT molecular complexity index is 911. The van der Waals surface area contributed by atoms with Gasteiger partial charge in [-0.3, -0.25) is 4.79 Å². The highest BCUT2D eigenvalue weighted by molar-refractivity contribution is 6.33.